The Morgan fingerprint density at radius 1 is 1.50 bits per heavy atom. The number of hydrogen-bond donors (Lipinski definition) is 3. The number of nitrogen functional groups attached to an aromatic ring is 1. The summed E-state index contributed by atoms with van der Waals surface area (Å²) in [6.45, 7) is -0.220. The lowest BCUT2D eigenvalue weighted by Gasteiger charge is -2.01. The second-order valence-electron chi connectivity index (χ2n) is 4.35. The van der Waals surface area contributed by atoms with Gasteiger partial charge in [-0.25, -0.2) is 15.0 Å². The molecule has 18 heavy (non-hydrogen) atoms. The number of aliphatic hydroxyl groups excluding tert-OH is 2. The smallest absolute Gasteiger partial charge is 0.169 e. The van der Waals surface area contributed by atoms with Crippen LogP contribution in [-0.4, -0.2) is 42.4 Å². The summed E-state index contributed by atoms with van der Waals surface area (Å²) in [5, 5.41) is 18.4. The number of rotatable bonds is 3. The lowest BCUT2D eigenvalue weighted by molar-refractivity contribution is 0.0815. The summed E-state index contributed by atoms with van der Waals surface area (Å²) in [5.74, 6) is 0.381. The standard InChI is InChI=1S/C11H13N5O2/c12-10-9-11(14-4-13-10)16(5-15-9)2-6-1-7(6)8(18)3-17/h2,4-5,7-8,17-18H,1,3H2,(H2,12,13,14)/b6-2+/t7-,8-/m0/s1. The zero-order chi connectivity index (χ0) is 12.7. The first-order valence-electron chi connectivity index (χ1n) is 5.63. The second-order valence-corrected chi connectivity index (χ2v) is 4.35. The maximum atomic E-state index is 9.49. The lowest BCUT2D eigenvalue weighted by Crippen LogP contribution is -2.14. The molecule has 0 bridgehead atoms. The molecule has 0 saturated heterocycles. The number of hydrogen-bond acceptors (Lipinski definition) is 6. The third-order valence-corrected chi connectivity index (χ3v) is 3.12. The van der Waals surface area contributed by atoms with E-state index >= 15 is 0 Å². The van der Waals surface area contributed by atoms with Crippen molar-refractivity contribution in [3.8, 4) is 0 Å². The molecule has 1 aliphatic rings. The summed E-state index contributed by atoms with van der Waals surface area (Å²) in [6.07, 6.45) is 4.96. The van der Waals surface area contributed by atoms with Gasteiger partial charge < -0.3 is 15.9 Å². The van der Waals surface area contributed by atoms with Gasteiger partial charge in [-0.3, -0.25) is 4.57 Å². The van der Waals surface area contributed by atoms with Crippen LogP contribution in [0.2, 0.25) is 0 Å². The van der Waals surface area contributed by atoms with Crippen LogP contribution in [0.5, 0.6) is 0 Å². The molecule has 1 saturated carbocycles. The number of fused-ring (bicyclic) bond motifs is 1. The monoisotopic (exact) mass is 247 g/mol. The zero-order valence-corrected chi connectivity index (χ0v) is 9.56. The van der Waals surface area contributed by atoms with Crippen molar-refractivity contribution in [2.45, 2.75) is 12.5 Å². The third-order valence-electron chi connectivity index (χ3n) is 3.12. The van der Waals surface area contributed by atoms with Crippen LogP contribution in [0.15, 0.2) is 18.2 Å². The van der Waals surface area contributed by atoms with Crippen molar-refractivity contribution in [1.82, 2.24) is 19.5 Å². The highest BCUT2D eigenvalue weighted by Crippen LogP contribution is 2.41. The van der Waals surface area contributed by atoms with Gasteiger partial charge in [-0.15, -0.1) is 0 Å². The van der Waals surface area contributed by atoms with Gasteiger partial charge in [0.1, 0.15) is 12.7 Å². The Labute approximate surface area is 103 Å². The van der Waals surface area contributed by atoms with Crippen LogP contribution in [0.4, 0.5) is 5.82 Å². The van der Waals surface area contributed by atoms with Gasteiger partial charge in [0.25, 0.3) is 0 Å². The molecule has 1 fully saturated rings. The molecule has 2 aromatic heterocycles. The van der Waals surface area contributed by atoms with Crippen molar-refractivity contribution in [3.63, 3.8) is 0 Å². The van der Waals surface area contributed by atoms with E-state index in [0.717, 1.165) is 12.0 Å². The number of nitrogens with zero attached hydrogens (tertiary/aromatic N) is 4. The summed E-state index contributed by atoms with van der Waals surface area (Å²) in [4.78, 5) is 12.1. The first-order valence-corrected chi connectivity index (χ1v) is 5.63. The van der Waals surface area contributed by atoms with Gasteiger partial charge >= 0.3 is 0 Å². The largest absolute Gasteiger partial charge is 0.394 e. The van der Waals surface area contributed by atoms with E-state index in [4.69, 9.17) is 10.8 Å². The molecule has 0 unspecified atom stereocenters. The van der Waals surface area contributed by atoms with E-state index in [1.165, 1.54) is 6.33 Å². The number of anilines is 1. The summed E-state index contributed by atoms with van der Waals surface area (Å²) >= 11 is 0. The highest BCUT2D eigenvalue weighted by atomic mass is 16.3. The molecule has 0 amide bonds. The van der Waals surface area contributed by atoms with E-state index in [-0.39, 0.29) is 12.5 Å². The quantitative estimate of drug-likeness (QED) is 0.682. The predicted octanol–water partition coefficient (Wildman–Crippen LogP) is -0.378. The van der Waals surface area contributed by atoms with Crippen molar-refractivity contribution in [2.75, 3.05) is 12.3 Å². The van der Waals surface area contributed by atoms with E-state index in [0.29, 0.717) is 17.0 Å². The molecule has 7 nitrogen and oxygen atoms in total. The average Bonchev–Trinajstić information content (AvgIpc) is 3.02. The van der Waals surface area contributed by atoms with Crippen molar-refractivity contribution < 1.29 is 10.2 Å². The Morgan fingerprint density at radius 2 is 2.33 bits per heavy atom. The molecule has 0 radical (unpaired) electrons. The minimum absolute atomic E-state index is 0.0339. The Hall–Kier alpha value is -1.99. The molecular weight excluding hydrogens is 234 g/mol. The predicted molar refractivity (Wildman–Crippen MR) is 65.2 cm³/mol. The minimum atomic E-state index is -0.689. The van der Waals surface area contributed by atoms with E-state index in [1.807, 2.05) is 6.20 Å². The molecule has 3 rings (SSSR count). The molecule has 2 atom stereocenters. The molecule has 0 aliphatic heterocycles. The highest BCUT2D eigenvalue weighted by molar-refractivity contribution is 5.82. The fourth-order valence-electron chi connectivity index (χ4n) is 2.00. The maximum Gasteiger partial charge on any atom is 0.169 e. The van der Waals surface area contributed by atoms with E-state index in [9.17, 15) is 5.11 Å². The Bertz CT molecular complexity index is 621. The molecule has 2 heterocycles. The highest BCUT2D eigenvalue weighted by Gasteiger charge is 2.36. The topological polar surface area (TPSA) is 110 Å². The molecule has 94 valence electrons. The Balaban J connectivity index is 1.93. The van der Waals surface area contributed by atoms with Crippen LogP contribution < -0.4 is 5.73 Å². The van der Waals surface area contributed by atoms with E-state index in [1.54, 1.807) is 10.9 Å². The number of aromatic nitrogens is 4. The molecule has 2 aromatic rings. The van der Waals surface area contributed by atoms with Gasteiger partial charge in [-0.1, -0.05) is 0 Å². The Kier molecular flexibility index (Phi) is 2.49. The fraction of sp³-hybridized carbons (Fsp3) is 0.364. The number of aliphatic hydroxyl groups is 2. The minimum Gasteiger partial charge on any atom is -0.394 e. The molecular formula is C11H13N5O2. The van der Waals surface area contributed by atoms with Gasteiger partial charge in [0.15, 0.2) is 17.0 Å². The summed E-state index contributed by atoms with van der Waals surface area (Å²) < 4.78 is 1.76. The van der Waals surface area contributed by atoms with Gasteiger partial charge in [0.05, 0.1) is 12.7 Å². The van der Waals surface area contributed by atoms with Crippen LogP contribution in [0, 0.1) is 5.92 Å². The van der Waals surface area contributed by atoms with Gasteiger partial charge in [-0.2, -0.15) is 0 Å². The second kappa shape index (κ2) is 4.04. The van der Waals surface area contributed by atoms with E-state index < -0.39 is 6.10 Å². The summed E-state index contributed by atoms with van der Waals surface area (Å²) in [6, 6.07) is 0. The number of imidazole rings is 1. The SMILES string of the molecule is Nc1ncnc2c1ncn2/C=C1\C[C@@H]1[C@@H](O)CO. The van der Waals surface area contributed by atoms with Crippen molar-refractivity contribution in [3.05, 3.63) is 18.2 Å². The van der Waals surface area contributed by atoms with Crippen LogP contribution in [0.3, 0.4) is 0 Å². The fourth-order valence-corrected chi connectivity index (χ4v) is 2.00. The van der Waals surface area contributed by atoms with Gasteiger partial charge in [-0.05, 0) is 12.0 Å². The molecule has 0 spiro atoms. The first kappa shape index (κ1) is 11.1. The summed E-state index contributed by atoms with van der Waals surface area (Å²) in [5.41, 5.74) is 7.96. The molecule has 1 aliphatic carbocycles. The van der Waals surface area contributed by atoms with Crippen LogP contribution >= 0.6 is 0 Å². The van der Waals surface area contributed by atoms with Crippen molar-refractivity contribution in [2.24, 2.45) is 5.92 Å². The first-order chi connectivity index (χ1) is 8.70. The van der Waals surface area contributed by atoms with Gasteiger partial charge in [0.2, 0.25) is 0 Å². The van der Waals surface area contributed by atoms with E-state index in [2.05, 4.69) is 15.0 Å². The lowest BCUT2D eigenvalue weighted by atomic mass is 10.2. The molecule has 4 N–H and O–H groups in total. The van der Waals surface area contributed by atoms with Crippen LogP contribution in [0.1, 0.15) is 6.42 Å². The maximum absolute atomic E-state index is 9.49. The van der Waals surface area contributed by atoms with Crippen LogP contribution in [0.25, 0.3) is 17.4 Å². The zero-order valence-electron chi connectivity index (χ0n) is 9.56. The van der Waals surface area contributed by atoms with Gasteiger partial charge in [0, 0.05) is 12.1 Å². The van der Waals surface area contributed by atoms with Crippen LogP contribution in [-0.2, 0) is 0 Å². The van der Waals surface area contributed by atoms with Crippen molar-refractivity contribution >= 4 is 23.2 Å². The Morgan fingerprint density at radius 3 is 3.11 bits per heavy atom. The average molecular weight is 247 g/mol. The molecule has 0 aromatic carbocycles. The summed E-state index contributed by atoms with van der Waals surface area (Å²) in [7, 11) is 0. The third kappa shape index (κ3) is 1.73. The molecule has 7 heteroatoms. The normalized spacial score (nSPS) is 22.6. The number of nitrogens with two attached hydrogens (primary N) is 1. The van der Waals surface area contributed by atoms with Crippen molar-refractivity contribution in [1.29, 1.82) is 0 Å².